The molecule has 2 heterocycles. The summed E-state index contributed by atoms with van der Waals surface area (Å²) in [6.07, 6.45) is 7.53. The first-order valence-electron chi connectivity index (χ1n) is 7.42. The molecule has 0 saturated heterocycles. The van der Waals surface area contributed by atoms with Crippen LogP contribution in [-0.2, 0) is 20.0 Å². The molecule has 21 heavy (non-hydrogen) atoms. The lowest BCUT2D eigenvalue weighted by Gasteiger charge is -2.21. The molecular weight excluding hydrogens is 264 g/mol. The lowest BCUT2D eigenvalue weighted by Crippen LogP contribution is -2.20. The van der Waals surface area contributed by atoms with E-state index in [-0.39, 0.29) is 0 Å². The van der Waals surface area contributed by atoms with Crippen molar-refractivity contribution in [1.29, 1.82) is 0 Å². The fourth-order valence-electron chi connectivity index (χ4n) is 2.36. The zero-order valence-electron chi connectivity index (χ0n) is 13.3. The van der Waals surface area contributed by atoms with Crippen molar-refractivity contribution in [2.24, 2.45) is 7.05 Å². The average Bonchev–Trinajstić information content (AvgIpc) is 2.89. The van der Waals surface area contributed by atoms with Crippen LogP contribution in [0.25, 0.3) is 0 Å². The quantitative estimate of drug-likeness (QED) is 0.846. The van der Waals surface area contributed by atoms with E-state index in [2.05, 4.69) is 46.2 Å². The highest BCUT2D eigenvalue weighted by atomic mass is 15.2. The SMILES string of the molecule is CCCNc1ncnc(N(C)Cc2cnn(C)c2)c1CC. The van der Waals surface area contributed by atoms with Gasteiger partial charge in [-0.3, -0.25) is 4.68 Å². The molecule has 0 spiro atoms. The summed E-state index contributed by atoms with van der Waals surface area (Å²) in [7, 11) is 3.98. The Kier molecular flexibility index (Phi) is 5.14. The van der Waals surface area contributed by atoms with Gasteiger partial charge in [0.15, 0.2) is 0 Å². The molecule has 6 nitrogen and oxygen atoms in total. The molecule has 0 atom stereocenters. The van der Waals surface area contributed by atoms with E-state index >= 15 is 0 Å². The van der Waals surface area contributed by atoms with Crippen molar-refractivity contribution in [2.75, 3.05) is 23.8 Å². The summed E-state index contributed by atoms with van der Waals surface area (Å²) in [6, 6.07) is 0. The van der Waals surface area contributed by atoms with E-state index in [0.717, 1.165) is 43.1 Å². The van der Waals surface area contributed by atoms with Crippen LogP contribution in [-0.4, -0.2) is 33.3 Å². The van der Waals surface area contributed by atoms with Gasteiger partial charge in [0.1, 0.15) is 18.0 Å². The number of hydrogen-bond acceptors (Lipinski definition) is 5. The van der Waals surface area contributed by atoms with Gasteiger partial charge in [-0.25, -0.2) is 9.97 Å². The second kappa shape index (κ2) is 7.06. The average molecular weight is 288 g/mol. The Morgan fingerprint density at radius 1 is 1.29 bits per heavy atom. The van der Waals surface area contributed by atoms with E-state index in [1.807, 2.05) is 24.1 Å². The second-order valence-corrected chi connectivity index (χ2v) is 5.18. The molecule has 0 saturated carbocycles. The molecule has 0 aliphatic carbocycles. The Bertz CT molecular complexity index is 577. The minimum absolute atomic E-state index is 0.783. The molecule has 0 unspecified atom stereocenters. The summed E-state index contributed by atoms with van der Waals surface area (Å²) in [5, 5.41) is 7.59. The van der Waals surface area contributed by atoms with Crippen molar-refractivity contribution in [1.82, 2.24) is 19.7 Å². The minimum Gasteiger partial charge on any atom is -0.370 e. The van der Waals surface area contributed by atoms with Gasteiger partial charge in [-0.05, 0) is 12.8 Å². The van der Waals surface area contributed by atoms with Gasteiger partial charge in [-0.15, -0.1) is 0 Å². The van der Waals surface area contributed by atoms with Gasteiger partial charge in [-0.2, -0.15) is 5.10 Å². The Balaban J connectivity index is 2.21. The van der Waals surface area contributed by atoms with Crippen LogP contribution in [0.15, 0.2) is 18.7 Å². The third kappa shape index (κ3) is 3.71. The summed E-state index contributed by atoms with van der Waals surface area (Å²) < 4.78 is 1.82. The van der Waals surface area contributed by atoms with Crippen molar-refractivity contribution in [3.05, 3.63) is 29.8 Å². The van der Waals surface area contributed by atoms with Crippen molar-refractivity contribution in [3.8, 4) is 0 Å². The summed E-state index contributed by atoms with van der Waals surface area (Å²) in [5.41, 5.74) is 2.33. The first-order valence-corrected chi connectivity index (χ1v) is 7.42. The minimum atomic E-state index is 0.783. The molecule has 0 aliphatic heterocycles. The molecule has 6 heteroatoms. The molecule has 2 aromatic rings. The number of aryl methyl sites for hydroxylation is 1. The van der Waals surface area contributed by atoms with Gasteiger partial charge in [-0.1, -0.05) is 13.8 Å². The zero-order chi connectivity index (χ0) is 15.2. The Labute approximate surface area is 126 Å². The maximum absolute atomic E-state index is 4.47. The maximum atomic E-state index is 4.47. The Morgan fingerprint density at radius 3 is 2.71 bits per heavy atom. The van der Waals surface area contributed by atoms with Gasteiger partial charge in [0.05, 0.1) is 6.20 Å². The Hall–Kier alpha value is -2.11. The molecule has 0 aliphatic rings. The fourth-order valence-corrected chi connectivity index (χ4v) is 2.36. The maximum Gasteiger partial charge on any atom is 0.137 e. The predicted molar refractivity (Wildman–Crippen MR) is 85.5 cm³/mol. The van der Waals surface area contributed by atoms with Crippen LogP contribution < -0.4 is 10.2 Å². The molecule has 0 fully saturated rings. The third-order valence-corrected chi connectivity index (χ3v) is 3.36. The first-order chi connectivity index (χ1) is 10.2. The fraction of sp³-hybridized carbons (Fsp3) is 0.533. The number of anilines is 2. The van der Waals surface area contributed by atoms with Gasteiger partial charge >= 0.3 is 0 Å². The second-order valence-electron chi connectivity index (χ2n) is 5.18. The van der Waals surface area contributed by atoms with Crippen LogP contribution in [0, 0.1) is 0 Å². The highest BCUT2D eigenvalue weighted by Gasteiger charge is 2.14. The van der Waals surface area contributed by atoms with Crippen molar-refractivity contribution in [2.45, 2.75) is 33.2 Å². The van der Waals surface area contributed by atoms with E-state index in [1.165, 1.54) is 5.56 Å². The van der Waals surface area contributed by atoms with Crippen LogP contribution in [0.5, 0.6) is 0 Å². The monoisotopic (exact) mass is 288 g/mol. The topological polar surface area (TPSA) is 58.9 Å². The van der Waals surface area contributed by atoms with Gasteiger partial charge in [0.25, 0.3) is 0 Å². The van der Waals surface area contributed by atoms with Crippen molar-refractivity contribution in [3.63, 3.8) is 0 Å². The van der Waals surface area contributed by atoms with E-state index in [1.54, 1.807) is 6.33 Å². The van der Waals surface area contributed by atoms with E-state index in [0.29, 0.717) is 0 Å². The van der Waals surface area contributed by atoms with Crippen LogP contribution in [0.4, 0.5) is 11.6 Å². The summed E-state index contributed by atoms with van der Waals surface area (Å²) >= 11 is 0. The molecule has 0 bridgehead atoms. The van der Waals surface area contributed by atoms with E-state index in [4.69, 9.17) is 0 Å². The Morgan fingerprint density at radius 2 is 2.10 bits per heavy atom. The van der Waals surface area contributed by atoms with E-state index in [9.17, 15) is 0 Å². The van der Waals surface area contributed by atoms with Crippen molar-refractivity contribution >= 4 is 11.6 Å². The highest BCUT2D eigenvalue weighted by molar-refractivity contribution is 5.58. The number of rotatable bonds is 7. The van der Waals surface area contributed by atoms with E-state index < -0.39 is 0 Å². The number of aromatic nitrogens is 4. The van der Waals surface area contributed by atoms with Crippen LogP contribution in [0.2, 0.25) is 0 Å². The van der Waals surface area contributed by atoms with Gasteiger partial charge < -0.3 is 10.2 Å². The standard InChI is InChI=1S/C15H24N6/c1-5-7-16-14-13(6-2)15(18-11-17-14)20(3)9-12-8-19-21(4)10-12/h8,10-11H,5-7,9H2,1-4H3,(H,16,17,18). The third-order valence-electron chi connectivity index (χ3n) is 3.36. The normalized spacial score (nSPS) is 10.7. The molecule has 0 aromatic carbocycles. The molecular formula is C15H24N6. The van der Waals surface area contributed by atoms with Crippen molar-refractivity contribution < 1.29 is 0 Å². The zero-order valence-corrected chi connectivity index (χ0v) is 13.3. The molecule has 114 valence electrons. The van der Waals surface area contributed by atoms with Crippen LogP contribution in [0.1, 0.15) is 31.4 Å². The largest absolute Gasteiger partial charge is 0.370 e. The molecule has 2 rings (SSSR count). The highest BCUT2D eigenvalue weighted by Crippen LogP contribution is 2.24. The first kappa shape index (κ1) is 15.3. The predicted octanol–water partition coefficient (Wildman–Crippen LogP) is 2.23. The molecule has 1 N–H and O–H groups in total. The smallest absolute Gasteiger partial charge is 0.137 e. The number of nitrogens with zero attached hydrogens (tertiary/aromatic N) is 5. The number of hydrogen-bond donors (Lipinski definition) is 1. The van der Waals surface area contributed by atoms with Gasteiger partial charge in [0.2, 0.25) is 0 Å². The van der Waals surface area contributed by atoms with Crippen LogP contribution in [0.3, 0.4) is 0 Å². The number of nitrogens with one attached hydrogen (secondary N) is 1. The summed E-state index contributed by atoms with van der Waals surface area (Å²) in [5.74, 6) is 1.93. The lowest BCUT2D eigenvalue weighted by atomic mass is 10.2. The summed E-state index contributed by atoms with van der Waals surface area (Å²) in [4.78, 5) is 11.0. The molecule has 2 aromatic heterocycles. The van der Waals surface area contributed by atoms with Crippen LogP contribution >= 0.6 is 0 Å². The molecule has 0 radical (unpaired) electrons. The van der Waals surface area contributed by atoms with Gasteiger partial charge in [0, 0.05) is 44.5 Å². The molecule has 0 amide bonds. The summed E-state index contributed by atoms with van der Waals surface area (Å²) in [6.45, 7) is 5.99. The lowest BCUT2D eigenvalue weighted by molar-refractivity contribution is 0.766.